The lowest BCUT2D eigenvalue weighted by atomic mass is 9.86. The molecule has 1 aromatic rings. The molecule has 29 heavy (non-hydrogen) atoms. The number of hydroxylamine groups is 2. The molecule has 2 rings (SSSR count). The number of hydrogen-bond donors (Lipinski definition) is 4. The van der Waals surface area contributed by atoms with E-state index in [1.807, 2.05) is 0 Å². The highest BCUT2D eigenvalue weighted by molar-refractivity contribution is 5.90. The molecule has 8 heteroatoms. The lowest BCUT2D eigenvalue weighted by Gasteiger charge is -2.22. The van der Waals surface area contributed by atoms with Gasteiger partial charge in [-0.2, -0.15) is 0 Å². The summed E-state index contributed by atoms with van der Waals surface area (Å²) in [5.74, 6) is -1.14. The predicted molar refractivity (Wildman–Crippen MR) is 107 cm³/mol. The van der Waals surface area contributed by atoms with E-state index in [0.29, 0.717) is 23.8 Å². The van der Waals surface area contributed by atoms with Crippen LogP contribution in [-0.4, -0.2) is 45.7 Å². The van der Waals surface area contributed by atoms with Crippen LogP contribution in [0.3, 0.4) is 0 Å². The number of nitrogens with two attached hydrogens (primary N) is 1. The first-order valence-corrected chi connectivity index (χ1v) is 10.2. The standard InChI is InChI=1S/C21H31N3O5/c22-21(28)18(23-19(26)11-8-15-4-2-1-3-5-15)14-20(27)24(29)13-12-16-6-9-17(25)10-7-16/h6-7,9-10,15,18,25,29H,1-5,8,11-14H2,(H2,22,28)(H,23,26)/t18-/m1/s1. The van der Waals surface area contributed by atoms with Gasteiger partial charge >= 0.3 is 0 Å². The van der Waals surface area contributed by atoms with Crippen LogP contribution in [0.4, 0.5) is 0 Å². The molecule has 0 spiro atoms. The molecule has 1 aliphatic rings. The van der Waals surface area contributed by atoms with Crippen LogP contribution in [0, 0.1) is 5.92 Å². The summed E-state index contributed by atoms with van der Waals surface area (Å²) in [6, 6.07) is 5.26. The molecule has 0 unspecified atom stereocenters. The first kappa shape index (κ1) is 22.7. The van der Waals surface area contributed by atoms with Crippen molar-refractivity contribution in [1.29, 1.82) is 0 Å². The zero-order valence-electron chi connectivity index (χ0n) is 16.7. The van der Waals surface area contributed by atoms with Gasteiger partial charge in [0.25, 0.3) is 0 Å². The van der Waals surface area contributed by atoms with Crippen LogP contribution in [0.5, 0.6) is 5.75 Å². The van der Waals surface area contributed by atoms with E-state index in [-0.39, 0.29) is 18.2 Å². The Labute approximate surface area is 171 Å². The highest BCUT2D eigenvalue weighted by Crippen LogP contribution is 2.27. The second-order valence-corrected chi connectivity index (χ2v) is 7.70. The first-order chi connectivity index (χ1) is 13.8. The number of phenolic OH excluding ortho intramolecular Hbond substituents is 1. The van der Waals surface area contributed by atoms with Gasteiger partial charge in [0.1, 0.15) is 11.8 Å². The molecular weight excluding hydrogens is 374 g/mol. The van der Waals surface area contributed by atoms with Gasteiger partial charge < -0.3 is 16.2 Å². The number of primary amides is 1. The van der Waals surface area contributed by atoms with E-state index in [4.69, 9.17) is 5.73 Å². The van der Waals surface area contributed by atoms with E-state index in [2.05, 4.69) is 5.32 Å². The van der Waals surface area contributed by atoms with Gasteiger partial charge in [-0.1, -0.05) is 44.2 Å². The smallest absolute Gasteiger partial charge is 0.248 e. The number of nitrogens with zero attached hydrogens (tertiary/aromatic N) is 1. The van der Waals surface area contributed by atoms with E-state index >= 15 is 0 Å². The van der Waals surface area contributed by atoms with Crippen molar-refractivity contribution in [3.8, 4) is 5.75 Å². The summed E-state index contributed by atoms with van der Waals surface area (Å²) < 4.78 is 0. The van der Waals surface area contributed by atoms with E-state index in [0.717, 1.165) is 24.8 Å². The highest BCUT2D eigenvalue weighted by atomic mass is 16.5. The number of amides is 3. The monoisotopic (exact) mass is 405 g/mol. The van der Waals surface area contributed by atoms with Gasteiger partial charge in [0.15, 0.2) is 0 Å². The van der Waals surface area contributed by atoms with Crippen molar-refractivity contribution in [2.75, 3.05) is 6.54 Å². The molecule has 1 aliphatic carbocycles. The van der Waals surface area contributed by atoms with Crippen LogP contribution in [-0.2, 0) is 20.8 Å². The van der Waals surface area contributed by atoms with E-state index in [9.17, 15) is 24.7 Å². The molecule has 5 N–H and O–H groups in total. The number of aromatic hydroxyl groups is 1. The molecule has 0 aliphatic heterocycles. The van der Waals surface area contributed by atoms with Crippen molar-refractivity contribution in [1.82, 2.24) is 10.4 Å². The summed E-state index contributed by atoms with van der Waals surface area (Å²) in [6.07, 6.45) is 6.95. The number of benzene rings is 1. The molecule has 1 aromatic carbocycles. The van der Waals surface area contributed by atoms with Crippen molar-refractivity contribution < 1.29 is 24.7 Å². The van der Waals surface area contributed by atoms with Crippen molar-refractivity contribution in [2.24, 2.45) is 11.7 Å². The molecule has 0 heterocycles. The van der Waals surface area contributed by atoms with Gasteiger partial charge in [-0.05, 0) is 36.5 Å². The average Bonchev–Trinajstić information content (AvgIpc) is 2.71. The molecule has 1 atom stereocenters. The third-order valence-electron chi connectivity index (χ3n) is 5.40. The molecule has 1 saturated carbocycles. The highest BCUT2D eigenvalue weighted by Gasteiger charge is 2.24. The third kappa shape index (κ3) is 8.11. The van der Waals surface area contributed by atoms with E-state index in [1.54, 1.807) is 12.1 Å². The Balaban J connectivity index is 1.76. The van der Waals surface area contributed by atoms with Crippen LogP contribution >= 0.6 is 0 Å². The number of carbonyl (C=O) groups is 3. The Morgan fingerprint density at radius 1 is 1.14 bits per heavy atom. The minimum atomic E-state index is -1.15. The van der Waals surface area contributed by atoms with Crippen LogP contribution < -0.4 is 11.1 Å². The average molecular weight is 405 g/mol. The first-order valence-electron chi connectivity index (χ1n) is 10.2. The summed E-state index contributed by atoms with van der Waals surface area (Å²) >= 11 is 0. The van der Waals surface area contributed by atoms with Crippen molar-refractivity contribution in [3.63, 3.8) is 0 Å². The predicted octanol–water partition coefficient (Wildman–Crippen LogP) is 1.87. The van der Waals surface area contributed by atoms with Gasteiger partial charge in [0, 0.05) is 6.42 Å². The van der Waals surface area contributed by atoms with Crippen molar-refractivity contribution in [3.05, 3.63) is 29.8 Å². The minimum Gasteiger partial charge on any atom is -0.508 e. The Bertz CT molecular complexity index is 686. The van der Waals surface area contributed by atoms with Gasteiger partial charge in [-0.25, -0.2) is 5.06 Å². The molecule has 160 valence electrons. The molecular formula is C21H31N3O5. The topological polar surface area (TPSA) is 133 Å². The van der Waals surface area contributed by atoms with Gasteiger partial charge in [0.05, 0.1) is 13.0 Å². The number of rotatable bonds is 10. The quantitative estimate of drug-likeness (QED) is 0.348. The fourth-order valence-corrected chi connectivity index (χ4v) is 3.60. The van der Waals surface area contributed by atoms with Crippen LogP contribution in [0.2, 0.25) is 0 Å². The largest absolute Gasteiger partial charge is 0.508 e. The summed E-state index contributed by atoms with van der Waals surface area (Å²) in [6.45, 7) is 0.0186. The maximum atomic E-state index is 12.2. The molecule has 0 aromatic heterocycles. The second kappa shape index (κ2) is 11.4. The third-order valence-corrected chi connectivity index (χ3v) is 5.40. The second-order valence-electron chi connectivity index (χ2n) is 7.70. The lowest BCUT2D eigenvalue weighted by molar-refractivity contribution is -0.166. The summed E-state index contributed by atoms with van der Waals surface area (Å²) in [5.41, 5.74) is 6.15. The zero-order chi connectivity index (χ0) is 21.2. The molecule has 0 radical (unpaired) electrons. The molecule has 3 amide bonds. The Morgan fingerprint density at radius 3 is 2.41 bits per heavy atom. The Kier molecular flexibility index (Phi) is 8.92. The fraction of sp³-hybridized carbons (Fsp3) is 0.571. The SMILES string of the molecule is NC(=O)[C@@H](CC(=O)N(O)CCc1ccc(O)cc1)NC(=O)CCC1CCCCC1. The summed E-state index contributed by atoms with van der Waals surface area (Å²) in [4.78, 5) is 36.0. The fourth-order valence-electron chi connectivity index (χ4n) is 3.60. The van der Waals surface area contributed by atoms with Crippen molar-refractivity contribution in [2.45, 2.75) is 63.8 Å². The Morgan fingerprint density at radius 2 is 1.79 bits per heavy atom. The molecule has 8 nitrogen and oxygen atoms in total. The van der Waals surface area contributed by atoms with Crippen LogP contribution in [0.15, 0.2) is 24.3 Å². The summed E-state index contributed by atoms with van der Waals surface area (Å²) in [5, 5.41) is 22.3. The number of phenols is 1. The minimum absolute atomic E-state index is 0.0186. The number of carbonyl (C=O) groups excluding carboxylic acids is 3. The van der Waals surface area contributed by atoms with E-state index in [1.165, 1.54) is 31.4 Å². The van der Waals surface area contributed by atoms with Gasteiger partial charge in [0.2, 0.25) is 17.7 Å². The van der Waals surface area contributed by atoms with Crippen molar-refractivity contribution >= 4 is 17.7 Å². The van der Waals surface area contributed by atoms with E-state index < -0.39 is 24.3 Å². The maximum absolute atomic E-state index is 12.2. The normalized spacial score (nSPS) is 15.5. The van der Waals surface area contributed by atoms with Gasteiger partial charge in [-0.3, -0.25) is 19.6 Å². The number of nitrogens with one attached hydrogen (secondary N) is 1. The Hall–Kier alpha value is -2.61. The zero-order valence-corrected chi connectivity index (χ0v) is 16.7. The van der Waals surface area contributed by atoms with Crippen LogP contribution in [0.25, 0.3) is 0 Å². The maximum Gasteiger partial charge on any atom is 0.248 e. The molecule has 1 fully saturated rings. The molecule has 0 bridgehead atoms. The lowest BCUT2D eigenvalue weighted by Crippen LogP contribution is -2.47. The number of hydrogen-bond acceptors (Lipinski definition) is 5. The molecule has 0 saturated heterocycles. The van der Waals surface area contributed by atoms with Gasteiger partial charge in [-0.15, -0.1) is 0 Å². The summed E-state index contributed by atoms with van der Waals surface area (Å²) in [7, 11) is 0. The van der Waals surface area contributed by atoms with Crippen LogP contribution in [0.1, 0.15) is 56.9 Å².